The van der Waals surface area contributed by atoms with E-state index in [1.165, 1.54) is 54.6 Å². The van der Waals surface area contributed by atoms with Gasteiger partial charge in [-0.2, -0.15) is 0 Å². The van der Waals surface area contributed by atoms with Crippen LogP contribution in [-0.2, 0) is 0 Å². The zero-order valence-corrected chi connectivity index (χ0v) is 24.9. The molecule has 0 aliphatic rings. The summed E-state index contributed by atoms with van der Waals surface area (Å²) in [4.78, 5) is 13.5. The minimum Gasteiger partial charge on any atom is -0.265 e. The van der Waals surface area contributed by atoms with E-state index in [4.69, 9.17) is 0 Å². The van der Waals surface area contributed by atoms with Crippen molar-refractivity contribution in [2.45, 2.75) is 0 Å². The van der Waals surface area contributed by atoms with Gasteiger partial charge >= 0.3 is 0 Å². The van der Waals surface area contributed by atoms with Crippen LogP contribution in [0.15, 0.2) is 164 Å². The molecule has 3 heterocycles. The summed E-state index contributed by atoms with van der Waals surface area (Å²) < 4.78 is 0. The lowest BCUT2D eigenvalue weighted by molar-refractivity contribution is 1.31. The molecule has 0 amide bonds. The van der Waals surface area contributed by atoms with Gasteiger partial charge in [-0.25, -0.2) is 0 Å². The minimum atomic E-state index is 0.943. The Balaban J connectivity index is 1.17. The number of benzene rings is 6. The van der Waals surface area contributed by atoms with Crippen LogP contribution in [0.1, 0.15) is 0 Å². The first-order valence-corrected chi connectivity index (χ1v) is 15.5. The largest absolute Gasteiger partial charge is 0.265 e. The molecule has 6 aromatic carbocycles. The second-order valence-electron chi connectivity index (χ2n) is 11.7. The third-order valence-electron chi connectivity index (χ3n) is 9.04. The van der Waals surface area contributed by atoms with Gasteiger partial charge in [0.05, 0.1) is 11.4 Å². The van der Waals surface area contributed by atoms with Gasteiger partial charge in [0.25, 0.3) is 0 Å². The van der Waals surface area contributed by atoms with Crippen molar-refractivity contribution in [2.75, 3.05) is 0 Å². The summed E-state index contributed by atoms with van der Waals surface area (Å²) in [7, 11) is 0. The van der Waals surface area contributed by atoms with E-state index in [9.17, 15) is 0 Å². The molecule has 3 nitrogen and oxygen atoms in total. The Morgan fingerprint density at radius 3 is 1.33 bits per heavy atom. The molecule has 3 heteroatoms. The molecule has 0 bridgehead atoms. The van der Waals surface area contributed by atoms with Crippen molar-refractivity contribution in [1.29, 1.82) is 0 Å². The molecular weight excluding hydrogens is 558 g/mol. The molecule has 0 aliphatic carbocycles. The summed E-state index contributed by atoms with van der Waals surface area (Å²) >= 11 is 0. The fraction of sp³-hybridized carbons (Fsp3) is 0. The molecule has 0 spiro atoms. The van der Waals surface area contributed by atoms with Crippen molar-refractivity contribution < 1.29 is 0 Å². The molecule has 0 saturated heterocycles. The van der Waals surface area contributed by atoms with Gasteiger partial charge in [-0.05, 0) is 120 Å². The number of aromatic nitrogens is 3. The molecule has 0 N–H and O–H groups in total. The first-order valence-electron chi connectivity index (χ1n) is 15.5. The molecule has 46 heavy (non-hydrogen) atoms. The third-order valence-corrected chi connectivity index (χ3v) is 9.04. The number of rotatable bonds is 5. The molecule has 0 saturated carbocycles. The van der Waals surface area contributed by atoms with E-state index in [1.54, 1.807) is 0 Å². The van der Waals surface area contributed by atoms with Gasteiger partial charge in [0.1, 0.15) is 0 Å². The predicted octanol–water partition coefficient (Wildman–Crippen LogP) is 11.1. The number of hydrogen-bond acceptors (Lipinski definition) is 3. The Morgan fingerprint density at radius 1 is 0.326 bits per heavy atom. The van der Waals surface area contributed by atoms with Crippen molar-refractivity contribution in [1.82, 2.24) is 15.0 Å². The number of pyridine rings is 3. The first-order chi connectivity index (χ1) is 22.8. The summed E-state index contributed by atoms with van der Waals surface area (Å²) in [5.41, 5.74) is 11.2. The summed E-state index contributed by atoms with van der Waals surface area (Å²) in [6, 6.07) is 49.9. The van der Waals surface area contributed by atoms with Crippen molar-refractivity contribution in [3.8, 4) is 55.9 Å². The van der Waals surface area contributed by atoms with E-state index in [2.05, 4.69) is 130 Å². The Morgan fingerprint density at radius 2 is 0.804 bits per heavy atom. The van der Waals surface area contributed by atoms with Crippen LogP contribution in [-0.4, -0.2) is 15.0 Å². The molecule has 3 aromatic heterocycles. The molecule has 0 aliphatic heterocycles. The zero-order valence-electron chi connectivity index (χ0n) is 24.9. The normalized spacial score (nSPS) is 11.5. The van der Waals surface area contributed by atoms with Gasteiger partial charge in [-0.1, -0.05) is 84.9 Å². The van der Waals surface area contributed by atoms with Crippen LogP contribution in [0.2, 0.25) is 0 Å². The lowest BCUT2D eigenvalue weighted by atomic mass is 9.87. The topological polar surface area (TPSA) is 38.7 Å². The quantitative estimate of drug-likeness (QED) is 0.189. The van der Waals surface area contributed by atoms with Crippen LogP contribution in [0, 0.1) is 0 Å². The van der Waals surface area contributed by atoms with E-state index < -0.39 is 0 Å². The molecule has 0 radical (unpaired) electrons. The summed E-state index contributed by atoms with van der Waals surface area (Å²) in [5, 5.41) is 7.69. The Kier molecular flexibility index (Phi) is 6.14. The highest BCUT2D eigenvalue weighted by Crippen LogP contribution is 2.42. The highest BCUT2D eigenvalue weighted by molar-refractivity contribution is 6.27. The van der Waals surface area contributed by atoms with Gasteiger partial charge in [-0.3, -0.25) is 15.0 Å². The molecule has 9 aromatic rings. The molecule has 0 fully saturated rings. The molecule has 0 unspecified atom stereocenters. The maximum atomic E-state index is 4.64. The van der Waals surface area contributed by atoms with Gasteiger partial charge < -0.3 is 0 Å². The van der Waals surface area contributed by atoms with Gasteiger partial charge in [-0.15, -0.1) is 0 Å². The van der Waals surface area contributed by atoms with Crippen LogP contribution in [0.25, 0.3) is 88.2 Å². The van der Waals surface area contributed by atoms with Crippen LogP contribution in [0.4, 0.5) is 0 Å². The second kappa shape index (κ2) is 10.8. The monoisotopic (exact) mass is 585 g/mol. The van der Waals surface area contributed by atoms with E-state index in [-0.39, 0.29) is 0 Å². The second-order valence-corrected chi connectivity index (χ2v) is 11.7. The SMILES string of the molecule is c1ccc(-c2cc(-c3ccc(-c4ccc5ccc6c(-c7ccncc7)ccc7ccc4c5c76)cc3)cc(-c3ccccn3)c2)nc1. The van der Waals surface area contributed by atoms with Crippen LogP contribution in [0.5, 0.6) is 0 Å². The Bertz CT molecular complexity index is 2430. The summed E-state index contributed by atoms with van der Waals surface area (Å²) in [6.07, 6.45) is 7.41. The van der Waals surface area contributed by atoms with Crippen molar-refractivity contribution in [3.05, 3.63) is 164 Å². The summed E-state index contributed by atoms with van der Waals surface area (Å²) in [6.45, 7) is 0. The predicted molar refractivity (Wildman–Crippen MR) is 191 cm³/mol. The standard InChI is InChI=1S/C43H27N3/c1-3-21-45-40(5-1)34-25-33(26-35(27-34)41-6-2-4-22-46-41)28-7-9-29(10-8-28)36-15-11-31-14-18-39-37(30-19-23-44-24-20-30)16-12-32-13-17-38(36)42(31)43(32)39/h1-27H. The van der Waals surface area contributed by atoms with E-state index >= 15 is 0 Å². The van der Waals surface area contributed by atoms with Crippen molar-refractivity contribution >= 4 is 32.3 Å². The van der Waals surface area contributed by atoms with E-state index in [1.807, 2.05) is 49.1 Å². The molecule has 9 rings (SSSR count). The van der Waals surface area contributed by atoms with E-state index in [0.717, 1.165) is 33.6 Å². The lowest BCUT2D eigenvalue weighted by Gasteiger charge is -2.16. The lowest BCUT2D eigenvalue weighted by Crippen LogP contribution is -1.90. The third kappa shape index (κ3) is 4.41. The molecular formula is C43H27N3. The van der Waals surface area contributed by atoms with Crippen molar-refractivity contribution in [3.63, 3.8) is 0 Å². The molecule has 214 valence electrons. The smallest absolute Gasteiger partial charge is 0.0702 e. The fourth-order valence-corrected chi connectivity index (χ4v) is 6.84. The first kappa shape index (κ1) is 26.2. The number of nitrogens with zero attached hydrogens (tertiary/aromatic N) is 3. The van der Waals surface area contributed by atoms with Crippen LogP contribution in [0.3, 0.4) is 0 Å². The highest BCUT2D eigenvalue weighted by Gasteiger charge is 2.15. The molecule has 0 atom stereocenters. The fourth-order valence-electron chi connectivity index (χ4n) is 6.84. The Hall–Kier alpha value is -6.19. The van der Waals surface area contributed by atoms with Gasteiger partial charge in [0.2, 0.25) is 0 Å². The van der Waals surface area contributed by atoms with E-state index in [0.29, 0.717) is 0 Å². The van der Waals surface area contributed by atoms with Crippen LogP contribution >= 0.6 is 0 Å². The van der Waals surface area contributed by atoms with Crippen molar-refractivity contribution in [2.24, 2.45) is 0 Å². The summed E-state index contributed by atoms with van der Waals surface area (Å²) in [5.74, 6) is 0. The highest BCUT2D eigenvalue weighted by atomic mass is 14.7. The van der Waals surface area contributed by atoms with Gasteiger partial charge in [0.15, 0.2) is 0 Å². The van der Waals surface area contributed by atoms with Crippen LogP contribution < -0.4 is 0 Å². The maximum Gasteiger partial charge on any atom is 0.0702 e. The zero-order chi connectivity index (χ0) is 30.5. The maximum absolute atomic E-state index is 4.64. The minimum absolute atomic E-state index is 0.943. The Labute approximate surface area is 266 Å². The van der Waals surface area contributed by atoms with Gasteiger partial charge in [0, 0.05) is 35.9 Å². The average Bonchev–Trinajstić information content (AvgIpc) is 3.14. The number of hydrogen-bond donors (Lipinski definition) is 0. The average molecular weight is 586 g/mol.